The summed E-state index contributed by atoms with van der Waals surface area (Å²) in [5.41, 5.74) is 1.34. The van der Waals surface area contributed by atoms with Crippen molar-refractivity contribution in [2.45, 2.75) is 57.2 Å². The average molecular weight is 353 g/mol. The summed E-state index contributed by atoms with van der Waals surface area (Å²) in [4.78, 5) is 2.67. The Labute approximate surface area is 136 Å². The lowest BCUT2D eigenvalue weighted by atomic mass is 9.81. The molecule has 0 saturated carbocycles. The van der Waals surface area contributed by atoms with Crippen LogP contribution in [-0.4, -0.2) is 31.8 Å². The number of nitrogens with zero attached hydrogens (tertiary/aromatic N) is 1. The molecule has 3 rings (SSSR count). The molecule has 2 aliphatic heterocycles. The normalized spacial score (nSPS) is 28.5. The molecule has 116 valence electrons. The van der Waals surface area contributed by atoms with E-state index in [4.69, 9.17) is 4.74 Å². The van der Waals surface area contributed by atoms with Crippen LogP contribution in [0.25, 0.3) is 0 Å². The fourth-order valence-corrected chi connectivity index (χ4v) is 4.60. The first-order chi connectivity index (χ1) is 10.2. The minimum atomic E-state index is 0.682. The Balaban J connectivity index is 1.83. The molecular weight excluding hydrogens is 328 g/mol. The summed E-state index contributed by atoms with van der Waals surface area (Å²) >= 11 is 3.63. The number of anilines is 1. The zero-order chi connectivity index (χ0) is 14.8. The van der Waals surface area contributed by atoms with Crippen LogP contribution >= 0.6 is 15.9 Å². The predicted molar refractivity (Wildman–Crippen MR) is 91.3 cm³/mol. The van der Waals surface area contributed by atoms with E-state index in [0.29, 0.717) is 18.1 Å². The number of rotatable bonds is 4. The Bertz CT molecular complexity index is 480. The van der Waals surface area contributed by atoms with Crippen LogP contribution in [0.15, 0.2) is 22.7 Å². The summed E-state index contributed by atoms with van der Waals surface area (Å²) in [6.07, 6.45) is 6.56. The number of nitrogens with one attached hydrogen (secondary N) is 1. The summed E-state index contributed by atoms with van der Waals surface area (Å²) in [6.45, 7) is 3.29. The lowest BCUT2D eigenvalue weighted by Crippen LogP contribution is -2.56. The van der Waals surface area contributed by atoms with E-state index >= 15 is 0 Å². The smallest absolute Gasteiger partial charge is 0.133 e. The van der Waals surface area contributed by atoms with Crippen molar-refractivity contribution in [3.63, 3.8) is 0 Å². The summed E-state index contributed by atoms with van der Waals surface area (Å²) in [6, 6.07) is 8.57. The SMILES string of the molecule is CCNC1CC2CCCC(C1)N2c1ccc(OC)c(Br)c1. The highest BCUT2D eigenvalue weighted by Gasteiger charge is 2.38. The number of ether oxygens (including phenoxy) is 1. The molecule has 2 bridgehead atoms. The molecule has 2 unspecified atom stereocenters. The van der Waals surface area contributed by atoms with Gasteiger partial charge >= 0.3 is 0 Å². The average Bonchev–Trinajstić information content (AvgIpc) is 2.46. The van der Waals surface area contributed by atoms with Gasteiger partial charge in [-0.05, 0) is 72.8 Å². The molecule has 1 aromatic carbocycles. The third-order valence-electron chi connectivity index (χ3n) is 4.90. The summed E-state index contributed by atoms with van der Waals surface area (Å²) < 4.78 is 6.41. The van der Waals surface area contributed by atoms with E-state index in [0.717, 1.165) is 16.8 Å². The molecule has 2 heterocycles. The van der Waals surface area contributed by atoms with E-state index in [1.807, 2.05) is 0 Å². The van der Waals surface area contributed by atoms with Gasteiger partial charge in [-0.2, -0.15) is 0 Å². The monoisotopic (exact) mass is 352 g/mol. The largest absolute Gasteiger partial charge is 0.496 e. The molecule has 2 saturated heterocycles. The standard InChI is InChI=1S/C17H25BrN2O/c1-3-19-12-9-13-5-4-6-14(10-12)20(13)15-7-8-17(21-2)16(18)11-15/h7-8,11-14,19H,3-6,9-10H2,1-2H3. The van der Waals surface area contributed by atoms with Crippen molar-refractivity contribution in [1.82, 2.24) is 5.32 Å². The topological polar surface area (TPSA) is 24.5 Å². The second-order valence-corrected chi connectivity index (χ2v) is 7.05. The Morgan fingerprint density at radius 2 is 2.00 bits per heavy atom. The molecule has 0 aromatic heterocycles. The number of hydrogen-bond acceptors (Lipinski definition) is 3. The van der Waals surface area contributed by atoms with E-state index < -0.39 is 0 Å². The molecule has 2 fully saturated rings. The molecule has 2 aliphatic rings. The highest BCUT2D eigenvalue weighted by molar-refractivity contribution is 9.10. The van der Waals surface area contributed by atoms with Crippen LogP contribution in [0.1, 0.15) is 39.0 Å². The minimum absolute atomic E-state index is 0.682. The first-order valence-electron chi connectivity index (χ1n) is 8.08. The molecule has 4 heteroatoms. The van der Waals surface area contributed by atoms with Gasteiger partial charge in [-0.3, -0.25) is 0 Å². The summed E-state index contributed by atoms with van der Waals surface area (Å²) in [7, 11) is 1.72. The van der Waals surface area contributed by atoms with Crippen LogP contribution in [-0.2, 0) is 0 Å². The van der Waals surface area contributed by atoms with Gasteiger partial charge in [0, 0.05) is 23.8 Å². The van der Waals surface area contributed by atoms with Crippen molar-refractivity contribution in [2.24, 2.45) is 0 Å². The van der Waals surface area contributed by atoms with E-state index in [1.54, 1.807) is 7.11 Å². The van der Waals surface area contributed by atoms with Gasteiger partial charge in [0.25, 0.3) is 0 Å². The molecule has 0 amide bonds. The predicted octanol–water partition coefficient (Wildman–Crippen LogP) is 3.96. The Hall–Kier alpha value is -0.740. The zero-order valence-electron chi connectivity index (χ0n) is 12.9. The maximum absolute atomic E-state index is 5.35. The fourth-order valence-electron chi connectivity index (χ4n) is 4.07. The summed E-state index contributed by atoms with van der Waals surface area (Å²) in [5, 5.41) is 3.66. The number of piperidine rings is 2. The van der Waals surface area contributed by atoms with Gasteiger partial charge in [0.15, 0.2) is 0 Å². The molecule has 0 aliphatic carbocycles. The molecular formula is C17H25BrN2O. The number of benzene rings is 1. The lowest BCUT2D eigenvalue weighted by molar-refractivity contribution is 0.247. The van der Waals surface area contributed by atoms with Crippen molar-refractivity contribution in [3.05, 3.63) is 22.7 Å². The van der Waals surface area contributed by atoms with E-state index in [1.165, 1.54) is 37.8 Å². The molecule has 0 spiro atoms. The number of fused-ring (bicyclic) bond motifs is 2. The van der Waals surface area contributed by atoms with Crippen LogP contribution in [0.3, 0.4) is 0 Å². The van der Waals surface area contributed by atoms with Crippen LogP contribution in [0.5, 0.6) is 5.75 Å². The highest BCUT2D eigenvalue weighted by Crippen LogP contribution is 2.40. The van der Waals surface area contributed by atoms with Crippen LogP contribution < -0.4 is 15.0 Å². The van der Waals surface area contributed by atoms with Gasteiger partial charge in [0.05, 0.1) is 11.6 Å². The Morgan fingerprint density at radius 1 is 1.29 bits per heavy atom. The van der Waals surface area contributed by atoms with Crippen LogP contribution in [0.2, 0.25) is 0 Å². The summed E-state index contributed by atoms with van der Waals surface area (Å²) in [5.74, 6) is 0.909. The maximum atomic E-state index is 5.35. The second-order valence-electron chi connectivity index (χ2n) is 6.19. The first kappa shape index (κ1) is 15.2. The Kier molecular flexibility index (Phi) is 4.75. The van der Waals surface area contributed by atoms with Crippen molar-refractivity contribution < 1.29 is 4.74 Å². The van der Waals surface area contributed by atoms with Gasteiger partial charge < -0.3 is 15.0 Å². The number of hydrogen-bond donors (Lipinski definition) is 1. The van der Waals surface area contributed by atoms with Gasteiger partial charge in [-0.25, -0.2) is 0 Å². The van der Waals surface area contributed by atoms with E-state index in [9.17, 15) is 0 Å². The van der Waals surface area contributed by atoms with Gasteiger partial charge in [0.2, 0.25) is 0 Å². The molecule has 1 aromatic rings. The molecule has 0 radical (unpaired) electrons. The molecule has 1 N–H and O–H groups in total. The molecule has 3 nitrogen and oxygen atoms in total. The molecule has 21 heavy (non-hydrogen) atoms. The molecule has 2 atom stereocenters. The minimum Gasteiger partial charge on any atom is -0.496 e. The van der Waals surface area contributed by atoms with Crippen molar-refractivity contribution in [3.8, 4) is 5.75 Å². The third kappa shape index (κ3) is 3.07. The quantitative estimate of drug-likeness (QED) is 0.887. The van der Waals surface area contributed by atoms with Gasteiger partial charge in [-0.1, -0.05) is 6.92 Å². The Morgan fingerprint density at radius 3 is 2.57 bits per heavy atom. The highest BCUT2D eigenvalue weighted by atomic mass is 79.9. The lowest BCUT2D eigenvalue weighted by Gasteiger charge is -2.50. The van der Waals surface area contributed by atoms with Gasteiger partial charge in [-0.15, -0.1) is 0 Å². The number of halogens is 1. The number of methoxy groups -OCH3 is 1. The first-order valence-corrected chi connectivity index (χ1v) is 8.87. The zero-order valence-corrected chi connectivity index (χ0v) is 14.5. The maximum Gasteiger partial charge on any atom is 0.133 e. The third-order valence-corrected chi connectivity index (χ3v) is 5.52. The van der Waals surface area contributed by atoms with Crippen molar-refractivity contribution >= 4 is 21.6 Å². The van der Waals surface area contributed by atoms with Crippen molar-refractivity contribution in [2.75, 3.05) is 18.6 Å². The van der Waals surface area contributed by atoms with E-state index in [-0.39, 0.29) is 0 Å². The van der Waals surface area contributed by atoms with Crippen LogP contribution in [0, 0.1) is 0 Å². The van der Waals surface area contributed by atoms with Gasteiger partial charge in [0.1, 0.15) is 5.75 Å². The van der Waals surface area contributed by atoms with E-state index in [2.05, 4.69) is 51.3 Å². The van der Waals surface area contributed by atoms with Crippen LogP contribution in [0.4, 0.5) is 5.69 Å². The van der Waals surface area contributed by atoms with Crippen molar-refractivity contribution in [1.29, 1.82) is 0 Å². The fraction of sp³-hybridized carbons (Fsp3) is 0.647. The second kappa shape index (κ2) is 6.57.